The number of rotatable bonds is 11. The number of benzene rings is 4. The minimum Gasteiger partial charge on any atom is -0.497 e. The number of carbonyl (C=O) groups is 3. The fourth-order valence-corrected chi connectivity index (χ4v) is 5.94. The molecule has 4 amide bonds. The molecule has 0 bridgehead atoms. The maximum atomic E-state index is 13.6. The van der Waals surface area contributed by atoms with E-state index in [1.54, 1.807) is 78.7 Å². The number of likely N-dealkylation sites (N-methyl/N-ethyl adjacent to an activating group) is 1. The van der Waals surface area contributed by atoms with Gasteiger partial charge in [-0.2, -0.15) is 0 Å². The van der Waals surface area contributed by atoms with Gasteiger partial charge in [0.05, 0.1) is 37.6 Å². The molecule has 268 valence electrons. The Morgan fingerprint density at radius 2 is 1.69 bits per heavy atom. The van der Waals surface area contributed by atoms with Crippen molar-refractivity contribution in [3.63, 3.8) is 0 Å². The van der Waals surface area contributed by atoms with Gasteiger partial charge >= 0.3 is 6.03 Å². The second-order valence-electron chi connectivity index (χ2n) is 13.0. The predicted molar refractivity (Wildman–Crippen MR) is 199 cm³/mol. The summed E-state index contributed by atoms with van der Waals surface area (Å²) >= 11 is 0. The molecular weight excluding hydrogens is 648 g/mol. The van der Waals surface area contributed by atoms with Crippen LogP contribution in [0.1, 0.15) is 35.3 Å². The van der Waals surface area contributed by atoms with E-state index >= 15 is 0 Å². The van der Waals surface area contributed by atoms with E-state index in [9.17, 15) is 19.5 Å². The van der Waals surface area contributed by atoms with Gasteiger partial charge in [-0.15, -0.1) is 0 Å². The summed E-state index contributed by atoms with van der Waals surface area (Å²) < 4.78 is 11.8. The van der Waals surface area contributed by atoms with Crippen LogP contribution in [0, 0.1) is 5.92 Å². The Hall–Kier alpha value is -5.59. The van der Waals surface area contributed by atoms with Gasteiger partial charge in [0.25, 0.3) is 5.91 Å². The van der Waals surface area contributed by atoms with E-state index < -0.39 is 6.03 Å². The summed E-state index contributed by atoms with van der Waals surface area (Å²) in [5.41, 5.74) is 10.3. The lowest BCUT2D eigenvalue weighted by Crippen LogP contribution is -2.47. The second-order valence-corrected chi connectivity index (χ2v) is 13.0. The van der Waals surface area contributed by atoms with E-state index in [2.05, 4.69) is 20.9 Å². The number of nitrogen functional groups attached to an aromatic ring is 1. The number of carbonyl (C=O) groups excluding carboxylic acids is 3. The van der Waals surface area contributed by atoms with Crippen molar-refractivity contribution in [2.24, 2.45) is 5.92 Å². The van der Waals surface area contributed by atoms with Crippen LogP contribution in [0.5, 0.6) is 11.5 Å². The van der Waals surface area contributed by atoms with Crippen molar-refractivity contribution < 1.29 is 29.0 Å². The van der Waals surface area contributed by atoms with Gasteiger partial charge in [0, 0.05) is 48.1 Å². The molecular formula is C39H46N6O6. The van der Waals surface area contributed by atoms with Crippen LogP contribution >= 0.6 is 0 Å². The molecule has 12 heteroatoms. The van der Waals surface area contributed by atoms with Gasteiger partial charge in [0.1, 0.15) is 17.6 Å². The molecule has 0 unspecified atom stereocenters. The highest BCUT2D eigenvalue weighted by Gasteiger charge is 2.31. The average molecular weight is 695 g/mol. The number of nitrogens with zero attached hydrogens (tertiary/aromatic N) is 2. The summed E-state index contributed by atoms with van der Waals surface area (Å²) in [5, 5.41) is 18.5. The van der Waals surface area contributed by atoms with Crippen LogP contribution in [0.2, 0.25) is 0 Å². The Morgan fingerprint density at radius 1 is 1.00 bits per heavy atom. The van der Waals surface area contributed by atoms with Crippen molar-refractivity contribution in [3.8, 4) is 11.5 Å². The molecule has 1 aliphatic rings. The molecule has 3 atom stereocenters. The fraction of sp³-hybridized carbons (Fsp3) is 0.308. The fourth-order valence-electron chi connectivity index (χ4n) is 5.94. The number of nitrogens with two attached hydrogens (primary N) is 1. The highest BCUT2D eigenvalue weighted by molar-refractivity contribution is 6.05. The largest absolute Gasteiger partial charge is 0.497 e. The first kappa shape index (κ1) is 36.7. The van der Waals surface area contributed by atoms with E-state index in [4.69, 9.17) is 15.2 Å². The number of aliphatic hydroxyl groups is 1. The molecule has 5 rings (SSSR count). The number of aliphatic hydroxyl groups excluding tert-OH is 1. The van der Waals surface area contributed by atoms with Gasteiger partial charge in [-0.1, -0.05) is 31.2 Å². The monoisotopic (exact) mass is 694 g/mol. The second kappa shape index (κ2) is 16.9. The molecule has 0 aromatic heterocycles. The molecule has 0 saturated heterocycles. The molecule has 1 heterocycles. The van der Waals surface area contributed by atoms with Crippen molar-refractivity contribution >= 4 is 40.6 Å². The van der Waals surface area contributed by atoms with Gasteiger partial charge < -0.3 is 41.2 Å². The molecule has 0 fully saturated rings. The van der Waals surface area contributed by atoms with E-state index in [1.165, 1.54) is 0 Å². The Bertz CT molecular complexity index is 1820. The van der Waals surface area contributed by atoms with E-state index in [0.717, 1.165) is 5.56 Å². The van der Waals surface area contributed by atoms with Crippen molar-refractivity contribution in [1.82, 2.24) is 9.80 Å². The number of nitrogens with one attached hydrogen (secondary N) is 3. The van der Waals surface area contributed by atoms with Gasteiger partial charge in [-0.3, -0.25) is 14.5 Å². The molecule has 0 radical (unpaired) electrons. The number of methoxy groups -OCH3 is 1. The molecule has 6 N–H and O–H groups in total. The number of hydrogen-bond acceptors (Lipinski definition) is 8. The van der Waals surface area contributed by atoms with Crippen molar-refractivity contribution in [1.29, 1.82) is 0 Å². The first-order chi connectivity index (χ1) is 24.5. The summed E-state index contributed by atoms with van der Waals surface area (Å²) in [7, 11) is 3.57. The number of fused-ring (bicyclic) bond motifs is 1. The molecule has 51 heavy (non-hydrogen) atoms. The molecule has 0 saturated carbocycles. The first-order valence-corrected chi connectivity index (χ1v) is 16.9. The van der Waals surface area contributed by atoms with Crippen LogP contribution in [0.25, 0.3) is 0 Å². The number of amides is 4. The lowest BCUT2D eigenvalue weighted by Gasteiger charge is -2.34. The van der Waals surface area contributed by atoms with Crippen LogP contribution in [-0.2, 0) is 17.8 Å². The van der Waals surface area contributed by atoms with Crippen molar-refractivity contribution in [2.45, 2.75) is 39.0 Å². The van der Waals surface area contributed by atoms with Crippen LogP contribution in [-0.4, -0.2) is 78.8 Å². The Kier molecular flexibility index (Phi) is 12.1. The first-order valence-electron chi connectivity index (χ1n) is 16.9. The van der Waals surface area contributed by atoms with E-state index in [1.807, 2.05) is 45.2 Å². The van der Waals surface area contributed by atoms with Gasteiger partial charge in [0.15, 0.2) is 0 Å². The highest BCUT2D eigenvalue weighted by Crippen LogP contribution is 2.30. The molecule has 0 spiro atoms. The Balaban J connectivity index is 1.28. The van der Waals surface area contributed by atoms with Crippen LogP contribution in [0.4, 0.5) is 27.5 Å². The third kappa shape index (κ3) is 9.77. The maximum absolute atomic E-state index is 13.6. The maximum Gasteiger partial charge on any atom is 0.323 e. The lowest BCUT2D eigenvalue weighted by atomic mass is 10.0. The quantitative estimate of drug-likeness (QED) is 0.130. The highest BCUT2D eigenvalue weighted by atomic mass is 16.5. The van der Waals surface area contributed by atoms with Crippen molar-refractivity contribution in [2.75, 3.05) is 55.5 Å². The molecule has 12 nitrogen and oxygen atoms in total. The smallest absolute Gasteiger partial charge is 0.323 e. The minimum absolute atomic E-state index is 0.0430. The zero-order chi connectivity index (χ0) is 36.5. The number of urea groups is 1. The summed E-state index contributed by atoms with van der Waals surface area (Å²) in [6.45, 7) is 5.23. The topological polar surface area (TPSA) is 158 Å². The lowest BCUT2D eigenvalue weighted by molar-refractivity contribution is -0.134. The van der Waals surface area contributed by atoms with Gasteiger partial charge in [-0.25, -0.2) is 4.79 Å². The van der Waals surface area contributed by atoms with Crippen LogP contribution in [0.15, 0.2) is 91.0 Å². The normalized spacial score (nSPS) is 16.5. The zero-order valence-electron chi connectivity index (χ0n) is 29.4. The predicted octanol–water partition coefficient (Wildman–Crippen LogP) is 5.45. The standard InChI is InChI=1S/C39H46N6O6/c1-25-21-45(26(2)24-46)37(47)20-29-19-31(42-39(49)41-30-13-16-32(50-4)17-14-30)15-18-35(29)51-36(25)23-44(3)22-27-9-11-28(12-10-27)38(48)43-34-8-6-5-7-33(34)40/h5-19,25-26,36,46H,20-24,40H2,1-4H3,(H,43,48)(H2,41,42,49)/t25-,26+,36-/m0/s1. The van der Waals surface area contributed by atoms with Gasteiger partial charge in [0.2, 0.25) is 5.91 Å². The number of para-hydroxylation sites is 2. The minimum atomic E-state index is -0.436. The third-order valence-corrected chi connectivity index (χ3v) is 8.89. The third-order valence-electron chi connectivity index (χ3n) is 8.89. The Morgan fingerprint density at radius 3 is 2.37 bits per heavy atom. The SMILES string of the molecule is COc1ccc(NC(=O)Nc2ccc3c(c2)CC(=O)N([C@H](C)CO)C[C@H](C)[C@H](CN(C)Cc2ccc(C(=O)Nc4ccccc4N)cc2)O3)cc1. The molecule has 1 aliphatic heterocycles. The summed E-state index contributed by atoms with van der Waals surface area (Å²) in [4.78, 5) is 43.1. The zero-order valence-corrected chi connectivity index (χ0v) is 29.4. The molecule has 0 aliphatic carbocycles. The van der Waals surface area contributed by atoms with E-state index in [0.29, 0.717) is 65.0 Å². The average Bonchev–Trinajstić information content (AvgIpc) is 3.16. The Labute approximate surface area is 298 Å². The van der Waals surface area contributed by atoms with Gasteiger partial charge in [-0.05, 0) is 86.3 Å². The number of hydrogen-bond donors (Lipinski definition) is 5. The van der Waals surface area contributed by atoms with E-state index in [-0.39, 0.29) is 42.9 Å². The molecule has 4 aromatic carbocycles. The summed E-state index contributed by atoms with van der Waals surface area (Å²) in [6.07, 6.45) is -0.270. The number of anilines is 4. The number of ether oxygens (including phenoxy) is 2. The van der Waals surface area contributed by atoms with Crippen molar-refractivity contribution in [3.05, 3.63) is 108 Å². The summed E-state index contributed by atoms with van der Waals surface area (Å²) in [5.74, 6) is 0.772. The molecule has 4 aromatic rings. The summed E-state index contributed by atoms with van der Waals surface area (Å²) in [6, 6.07) is 26.0. The van der Waals surface area contributed by atoms with Crippen LogP contribution < -0.4 is 31.2 Å². The van der Waals surface area contributed by atoms with Crippen LogP contribution in [0.3, 0.4) is 0 Å².